The number of allylic oxidation sites excluding steroid dienone is 2. The minimum absolute atomic E-state index is 0.0333. The number of rotatable bonds is 3. The average Bonchev–Trinajstić information content (AvgIpc) is 2.67. The molecule has 29 heavy (non-hydrogen) atoms. The monoisotopic (exact) mass is 389 g/mol. The van der Waals surface area contributed by atoms with Gasteiger partial charge < -0.3 is 4.74 Å². The third kappa shape index (κ3) is 3.59. The quantitative estimate of drug-likeness (QED) is 0.728. The molecule has 4 heteroatoms. The van der Waals surface area contributed by atoms with Gasteiger partial charge >= 0.3 is 0 Å². The van der Waals surface area contributed by atoms with E-state index in [2.05, 4.69) is 13.8 Å². The van der Waals surface area contributed by atoms with Crippen molar-refractivity contribution in [3.63, 3.8) is 0 Å². The number of carbonyl (C=O) groups is 2. The Morgan fingerprint density at radius 3 is 2.45 bits per heavy atom. The number of anilines is 1. The van der Waals surface area contributed by atoms with E-state index in [4.69, 9.17) is 4.74 Å². The van der Waals surface area contributed by atoms with E-state index in [-0.39, 0.29) is 29.4 Å². The zero-order chi connectivity index (χ0) is 20.8. The van der Waals surface area contributed by atoms with Crippen LogP contribution in [0.4, 0.5) is 5.69 Å². The van der Waals surface area contributed by atoms with Gasteiger partial charge in [0.25, 0.3) is 0 Å². The van der Waals surface area contributed by atoms with Crippen LogP contribution in [0.5, 0.6) is 5.75 Å². The van der Waals surface area contributed by atoms with E-state index < -0.39 is 0 Å². The van der Waals surface area contributed by atoms with Crippen LogP contribution in [0.1, 0.15) is 50.2 Å². The van der Waals surface area contributed by atoms with Crippen LogP contribution >= 0.6 is 0 Å². The molecule has 0 aromatic heterocycles. The van der Waals surface area contributed by atoms with E-state index in [9.17, 15) is 9.59 Å². The molecule has 150 valence electrons. The van der Waals surface area contributed by atoms with Gasteiger partial charge in [-0.3, -0.25) is 14.5 Å². The van der Waals surface area contributed by atoms with Crippen LogP contribution < -0.4 is 9.64 Å². The van der Waals surface area contributed by atoms with Gasteiger partial charge in [-0.2, -0.15) is 0 Å². The molecule has 0 spiro atoms. The Morgan fingerprint density at radius 2 is 1.76 bits per heavy atom. The smallest absolute Gasteiger partial charge is 0.232 e. The summed E-state index contributed by atoms with van der Waals surface area (Å²) in [5, 5.41) is 0. The summed E-state index contributed by atoms with van der Waals surface area (Å²) in [6.07, 6.45) is 1.49. The highest BCUT2D eigenvalue weighted by Gasteiger charge is 2.44. The highest BCUT2D eigenvalue weighted by Crippen LogP contribution is 2.48. The zero-order valence-electron chi connectivity index (χ0n) is 17.5. The van der Waals surface area contributed by atoms with E-state index in [0.717, 1.165) is 33.8 Å². The minimum atomic E-state index is -0.224. The van der Waals surface area contributed by atoms with Crippen molar-refractivity contribution in [3.05, 3.63) is 70.9 Å². The Hall–Kier alpha value is -2.88. The summed E-state index contributed by atoms with van der Waals surface area (Å²) < 4.78 is 5.37. The lowest BCUT2D eigenvalue weighted by Gasteiger charge is -2.43. The van der Waals surface area contributed by atoms with Crippen LogP contribution in [0, 0.1) is 12.3 Å². The Labute approximate surface area is 172 Å². The standard InChI is InChI=1S/C25H27NO3/c1-16-8-10-18(11-9-16)26-21-14-25(2,3)15-22(27)24(21)20(13-23(26)28)17-6-5-7-19(12-17)29-4/h5-12,20H,13-15H2,1-4H3. The molecule has 4 nitrogen and oxygen atoms in total. The van der Waals surface area contributed by atoms with Crippen molar-refractivity contribution in [3.8, 4) is 5.75 Å². The van der Waals surface area contributed by atoms with Gasteiger partial charge in [-0.25, -0.2) is 0 Å². The first kappa shape index (κ1) is 19.4. The second kappa shape index (κ2) is 7.18. The normalized spacial score (nSPS) is 21.2. The summed E-state index contributed by atoms with van der Waals surface area (Å²) in [4.78, 5) is 28.4. The number of ether oxygens (including phenoxy) is 1. The molecule has 4 rings (SSSR count). The van der Waals surface area contributed by atoms with Crippen molar-refractivity contribution in [2.45, 2.75) is 46.0 Å². The molecule has 1 heterocycles. The molecule has 2 aromatic rings. The fraction of sp³-hybridized carbons (Fsp3) is 0.360. The van der Waals surface area contributed by atoms with Gasteiger partial charge in [-0.1, -0.05) is 43.7 Å². The summed E-state index contributed by atoms with van der Waals surface area (Å²) in [6.45, 7) is 6.22. The van der Waals surface area contributed by atoms with Gasteiger partial charge in [0.2, 0.25) is 5.91 Å². The number of aryl methyl sites for hydroxylation is 1. The number of methoxy groups -OCH3 is 1. The number of ketones is 1. The van der Waals surface area contributed by atoms with Crippen LogP contribution in [-0.4, -0.2) is 18.8 Å². The van der Waals surface area contributed by atoms with Crippen LogP contribution in [0.3, 0.4) is 0 Å². The maximum atomic E-state index is 13.3. The number of nitrogens with zero attached hydrogens (tertiary/aromatic N) is 1. The maximum Gasteiger partial charge on any atom is 0.232 e. The third-order valence-electron chi connectivity index (χ3n) is 5.93. The number of benzene rings is 2. The Kier molecular flexibility index (Phi) is 4.81. The Bertz CT molecular complexity index is 1000. The van der Waals surface area contributed by atoms with Gasteiger partial charge in [0, 0.05) is 35.7 Å². The number of carbonyl (C=O) groups excluding carboxylic acids is 2. The molecule has 1 aliphatic carbocycles. The van der Waals surface area contributed by atoms with Crippen molar-refractivity contribution in [2.24, 2.45) is 5.41 Å². The van der Waals surface area contributed by atoms with E-state index in [0.29, 0.717) is 12.8 Å². The van der Waals surface area contributed by atoms with Crippen molar-refractivity contribution in [1.29, 1.82) is 0 Å². The van der Waals surface area contributed by atoms with Crippen LogP contribution in [0.25, 0.3) is 0 Å². The van der Waals surface area contributed by atoms with Gasteiger partial charge in [0.05, 0.1) is 7.11 Å². The molecule has 0 fully saturated rings. The summed E-state index contributed by atoms with van der Waals surface area (Å²) in [7, 11) is 1.63. The molecule has 1 aliphatic heterocycles. The lowest BCUT2D eigenvalue weighted by atomic mass is 9.69. The van der Waals surface area contributed by atoms with Gasteiger partial charge in [-0.05, 0) is 48.6 Å². The van der Waals surface area contributed by atoms with Crippen LogP contribution in [0.15, 0.2) is 59.8 Å². The van der Waals surface area contributed by atoms with E-state index in [1.165, 1.54) is 0 Å². The van der Waals surface area contributed by atoms with E-state index in [1.54, 1.807) is 12.0 Å². The highest BCUT2D eigenvalue weighted by molar-refractivity contribution is 6.07. The number of amides is 1. The number of hydrogen-bond acceptors (Lipinski definition) is 3. The molecule has 0 saturated heterocycles. The molecule has 1 atom stereocenters. The van der Waals surface area contributed by atoms with Gasteiger partial charge in [0.15, 0.2) is 5.78 Å². The summed E-state index contributed by atoms with van der Waals surface area (Å²) in [5.41, 5.74) is 4.42. The fourth-order valence-corrected chi connectivity index (χ4v) is 4.55. The molecule has 2 aliphatic rings. The zero-order valence-corrected chi connectivity index (χ0v) is 17.5. The van der Waals surface area contributed by atoms with Crippen molar-refractivity contribution in [2.75, 3.05) is 12.0 Å². The first-order valence-corrected chi connectivity index (χ1v) is 10.1. The highest BCUT2D eigenvalue weighted by atomic mass is 16.5. The second-order valence-electron chi connectivity index (χ2n) is 8.90. The summed E-state index contributed by atoms with van der Waals surface area (Å²) in [5.74, 6) is 0.694. The van der Waals surface area contributed by atoms with E-state index in [1.807, 2.05) is 55.5 Å². The number of hydrogen-bond donors (Lipinski definition) is 0. The lowest BCUT2D eigenvalue weighted by molar-refractivity contribution is -0.121. The SMILES string of the molecule is COc1cccc(C2CC(=O)N(c3ccc(C)cc3)C3=C2C(=O)CC(C)(C)C3)c1. The molecule has 1 amide bonds. The van der Waals surface area contributed by atoms with E-state index >= 15 is 0 Å². The fourth-order valence-electron chi connectivity index (χ4n) is 4.55. The molecule has 1 unspecified atom stereocenters. The Morgan fingerprint density at radius 1 is 1.03 bits per heavy atom. The van der Waals surface area contributed by atoms with Gasteiger partial charge in [0.1, 0.15) is 5.75 Å². The Balaban J connectivity index is 1.88. The van der Waals surface area contributed by atoms with Crippen LogP contribution in [0.2, 0.25) is 0 Å². The molecular weight excluding hydrogens is 362 g/mol. The molecule has 0 saturated carbocycles. The second-order valence-corrected chi connectivity index (χ2v) is 8.90. The summed E-state index contributed by atoms with van der Waals surface area (Å²) in [6, 6.07) is 15.7. The molecule has 2 aromatic carbocycles. The van der Waals surface area contributed by atoms with Crippen molar-refractivity contribution < 1.29 is 14.3 Å². The van der Waals surface area contributed by atoms with Crippen molar-refractivity contribution >= 4 is 17.4 Å². The maximum absolute atomic E-state index is 13.3. The third-order valence-corrected chi connectivity index (χ3v) is 5.93. The predicted octanol–water partition coefficient (Wildman–Crippen LogP) is 5.17. The number of Topliss-reactive ketones (excluding diaryl/α,β-unsaturated/α-hetero) is 1. The topological polar surface area (TPSA) is 46.6 Å². The average molecular weight is 389 g/mol. The van der Waals surface area contributed by atoms with Crippen LogP contribution in [-0.2, 0) is 9.59 Å². The largest absolute Gasteiger partial charge is 0.497 e. The van der Waals surface area contributed by atoms with Crippen molar-refractivity contribution in [1.82, 2.24) is 0 Å². The lowest BCUT2D eigenvalue weighted by Crippen LogP contribution is -2.43. The predicted molar refractivity (Wildman–Crippen MR) is 114 cm³/mol. The molecular formula is C25H27NO3. The first-order valence-electron chi connectivity index (χ1n) is 10.1. The minimum Gasteiger partial charge on any atom is -0.497 e. The molecule has 0 radical (unpaired) electrons. The first-order chi connectivity index (χ1) is 13.8. The molecule has 0 bridgehead atoms. The molecule has 0 N–H and O–H groups in total. The summed E-state index contributed by atoms with van der Waals surface area (Å²) >= 11 is 0. The van der Waals surface area contributed by atoms with Gasteiger partial charge in [-0.15, -0.1) is 0 Å².